The fourth-order valence-electron chi connectivity index (χ4n) is 2.67. The number of fused-ring (bicyclic) bond motifs is 1. The summed E-state index contributed by atoms with van der Waals surface area (Å²) >= 11 is 0. The number of hydrogen-bond donors (Lipinski definition) is 1. The van der Waals surface area contributed by atoms with E-state index >= 15 is 0 Å². The Kier molecular flexibility index (Phi) is 3.98. The largest absolute Gasteiger partial charge is 0.313 e. The van der Waals surface area contributed by atoms with E-state index < -0.39 is 0 Å². The lowest BCUT2D eigenvalue weighted by Crippen LogP contribution is -2.12. The molecule has 0 bridgehead atoms. The predicted octanol–water partition coefficient (Wildman–Crippen LogP) is 4.11. The molecule has 2 heteroatoms. The van der Waals surface area contributed by atoms with Crippen LogP contribution in [0.3, 0.4) is 0 Å². The first-order chi connectivity index (χ1) is 10.3. The van der Waals surface area contributed by atoms with Crippen LogP contribution in [0.25, 0.3) is 10.9 Å². The molecule has 0 saturated heterocycles. The number of nitrogens with one attached hydrogen (secondary N) is 1. The summed E-state index contributed by atoms with van der Waals surface area (Å²) in [6.07, 6.45) is 2.84. The van der Waals surface area contributed by atoms with E-state index in [1.54, 1.807) is 0 Å². The monoisotopic (exact) mass is 276 g/mol. The van der Waals surface area contributed by atoms with Crippen LogP contribution in [0.1, 0.15) is 29.7 Å². The highest BCUT2D eigenvalue weighted by atomic mass is 14.8. The first kappa shape index (κ1) is 13.8. The van der Waals surface area contributed by atoms with Crippen LogP contribution in [0.15, 0.2) is 60.8 Å². The average Bonchev–Trinajstić information content (AvgIpc) is 2.55. The van der Waals surface area contributed by atoms with Crippen molar-refractivity contribution in [1.29, 1.82) is 0 Å². The second kappa shape index (κ2) is 6.06. The minimum atomic E-state index is 0.374. The lowest BCUT2D eigenvalue weighted by molar-refractivity contribution is 0.651. The van der Waals surface area contributed by atoms with E-state index in [9.17, 15) is 0 Å². The van der Waals surface area contributed by atoms with Crippen LogP contribution in [0.5, 0.6) is 0 Å². The summed E-state index contributed by atoms with van der Waals surface area (Å²) in [6.45, 7) is 2.18. The summed E-state index contributed by atoms with van der Waals surface area (Å²) < 4.78 is 0. The van der Waals surface area contributed by atoms with E-state index in [-0.39, 0.29) is 0 Å². The molecule has 21 heavy (non-hydrogen) atoms. The highest BCUT2D eigenvalue weighted by Crippen LogP contribution is 2.21. The number of rotatable bonds is 4. The molecule has 2 aromatic carbocycles. The van der Waals surface area contributed by atoms with E-state index in [2.05, 4.69) is 65.8 Å². The van der Waals surface area contributed by atoms with Gasteiger partial charge in [0, 0.05) is 17.6 Å². The fraction of sp³-hybridized carbons (Fsp3) is 0.211. The van der Waals surface area contributed by atoms with Crippen molar-refractivity contribution < 1.29 is 0 Å². The molecule has 3 aromatic rings. The maximum absolute atomic E-state index is 4.43. The van der Waals surface area contributed by atoms with Crippen LogP contribution in [0.4, 0.5) is 0 Å². The number of para-hydroxylation sites is 1. The van der Waals surface area contributed by atoms with Gasteiger partial charge in [0.05, 0.1) is 5.52 Å². The topological polar surface area (TPSA) is 24.9 Å². The van der Waals surface area contributed by atoms with Crippen LogP contribution in [-0.4, -0.2) is 12.0 Å². The van der Waals surface area contributed by atoms with Crippen LogP contribution < -0.4 is 5.32 Å². The standard InChI is InChI=1S/C19H20N2/c1-14(20-2)16-7-5-6-15(12-16)13-17-10-11-21-19-9-4-3-8-18(17)19/h3-12,14,20H,13H2,1-2H3. The summed E-state index contributed by atoms with van der Waals surface area (Å²) in [7, 11) is 1.99. The zero-order valence-electron chi connectivity index (χ0n) is 12.5. The van der Waals surface area contributed by atoms with Crippen molar-refractivity contribution in [3.8, 4) is 0 Å². The van der Waals surface area contributed by atoms with Gasteiger partial charge in [0.15, 0.2) is 0 Å². The van der Waals surface area contributed by atoms with Gasteiger partial charge >= 0.3 is 0 Å². The Hall–Kier alpha value is -2.19. The van der Waals surface area contributed by atoms with Crippen molar-refractivity contribution >= 4 is 10.9 Å². The van der Waals surface area contributed by atoms with Gasteiger partial charge < -0.3 is 5.32 Å². The van der Waals surface area contributed by atoms with Crippen molar-refractivity contribution in [2.24, 2.45) is 0 Å². The second-order valence-electron chi connectivity index (χ2n) is 5.42. The zero-order valence-corrected chi connectivity index (χ0v) is 12.5. The van der Waals surface area contributed by atoms with Crippen molar-refractivity contribution in [1.82, 2.24) is 10.3 Å². The Morgan fingerprint density at radius 1 is 1.05 bits per heavy atom. The average molecular weight is 276 g/mol. The summed E-state index contributed by atoms with van der Waals surface area (Å²) in [6, 6.07) is 19.6. The second-order valence-corrected chi connectivity index (χ2v) is 5.42. The molecule has 0 fully saturated rings. The molecule has 1 atom stereocenters. The van der Waals surface area contributed by atoms with E-state index in [1.807, 2.05) is 19.3 Å². The fourth-order valence-corrected chi connectivity index (χ4v) is 2.67. The van der Waals surface area contributed by atoms with Gasteiger partial charge in [0.25, 0.3) is 0 Å². The highest BCUT2D eigenvalue weighted by molar-refractivity contribution is 5.82. The van der Waals surface area contributed by atoms with Crippen LogP contribution in [0.2, 0.25) is 0 Å². The maximum atomic E-state index is 4.43. The Labute approximate surface area is 125 Å². The van der Waals surface area contributed by atoms with E-state index in [1.165, 1.54) is 22.1 Å². The molecular formula is C19H20N2. The molecule has 1 N–H and O–H groups in total. The molecule has 0 aliphatic carbocycles. The van der Waals surface area contributed by atoms with Gasteiger partial charge in [-0.05, 0) is 49.2 Å². The van der Waals surface area contributed by atoms with Crippen molar-refractivity contribution in [3.63, 3.8) is 0 Å². The van der Waals surface area contributed by atoms with Crippen molar-refractivity contribution in [3.05, 3.63) is 77.5 Å². The number of hydrogen-bond acceptors (Lipinski definition) is 2. The van der Waals surface area contributed by atoms with Gasteiger partial charge in [-0.1, -0.05) is 42.5 Å². The minimum absolute atomic E-state index is 0.374. The van der Waals surface area contributed by atoms with Gasteiger partial charge in [0.1, 0.15) is 0 Å². The predicted molar refractivity (Wildman–Crippen MR) is 88.5 cm³/mol. The van der Waals surface area contributed by atoms with E-state index in [0.29, 0.717) is 6.04 Å². The Morgan fingerprint density at radius 3 is 2.76 bits per heavy atom. The summed E-state index contributed by atoms with van der Waals surface area (Å²) in [5.74, 6) is 0. The molecule has 106 valence electrons. The first-order valence-electron chi connectivity index (χ1n) is 7.36. The van der Waals surface area contributed by atoms with Gasteiger partial charge in [-0.25, -0.2) is 0 Å². The van der Waals surface area contributed by atoms with Gasteiger partial charge in [0.2, 0.25) is 0 Å². The number of benzene rings is 2. The minimum Gasteiger partial charge on any atom is -0.313 e. The molecule has 2 nitrogen and oxygen atoms in total. The third-order valence-electron chi connectivity index (χ3n) is 4.02. The van der Waals surface area contributed by atoms with Gasteiger partial charge in [-0.3, -0.25) is 4.98 Å². The number of nitrogens with zero attached hydrogens (tertiary/aromatic N) is 1. The molecule has 1 aromatic heterocycles. The normalized spacial score (nSPS) is 12.5. The molecule has 0 aliphatic heterocycles. The summed E-state index contributed by atoms with van der Waals surface area (Å²) in [4.78, 5) is 4.43. The molecule has 0 saturated carbocycles. The zero-order chi connectivity index (χ0) is 14.7. The summed E-state index contributed by atoms with van der Waals surface area (Å²) in [5.41, 5.74) is 5.06. The molecule has 1 unspecified atom stereocenters. The van der Waals surface area contributed by atoms with Crippen molar-refractivity contribution in [2.45, 2.75) is 19.4 Å². The van der Waals surface area contributed by atoms with Crippen LogP contribution in [-0.2, 0) is 6.42 Å². The Balaban J connectivity index is 1.95. The molecular weight excluding hydrogens is 256 g/mol. The third kappa shape index (κ3) is 2.96. The number of pyridine rings is 1. The molecule has 0 amide bonds. The lowest BCUT2D eigenvalue weighted by atomic mass is 9.98. The summed E-state index contributed by atoms with van der Waals surface area (Å²) in [5, 5.41) is 4.53. The van der Waals surface area contributed by atoms with E-state index in [0.717, 1.165) is 11.9 Å². The molecule has 0 radical (unpaired) electrons. The highest BCUT2D eigenvalue weighted by Gasteiger charge is 2.06. The Morgan fingerprint density at radius 2 is 1.90 bits per heavy atom. The molecule has 3 rings (SSSR count). The van der Waals surface area contributed by atoms with Crippen LogP contribution >= 0.6 is 0 Å². The van der Waals surface area contributed by atoms with Gasteiger partial charge in [-0.2, -0.15) is 0 Å². The Bertz CT molecular complexity index is 744. The van der Waals surface area contributed by atoms with E-state index in [4.69, 9.17) is 0 Å². The molecule has 0 spiro atoms. The number of aromatic nitrogens is 1. The van der Waals surface area contributed by atoms with Gasteiger partial charge in [-0.15, -0.1) is 0 Å². The van der Waals surface area contributed by atoms with Crippen molar-refractivity contribution in [2.75, 3.05) is 7.05 Å². The SMILES string of the molecule is CNC(C)c1cccc(Cc2ccnc3ccccc23)c1. The van der Waals surface area contributed by atoms with Crippen LogP contribution in [0, 0.1) is 0 Å². The molecule has 1 heterocycles. The maximum Gasteiger partial charge on any atom is 0.0704 e. The smallest absolute Gasteiger partial charge is 0.0704 e. The third-order valence-corrected chi connectivity index (χ3v) is 4.02. The first-order valence-corrected chi connectivity index (χ1v) is 7.36. The lowest BCUT2D eigenvalue weighted by Gasteiger charge is -2.12. The molecule has 0 aliphatic rings. The quantitative estimate of drug-likeness (QED) is 0.776.